The van der Waals surface area contributed by atoms with Crippen molar-refractivity contribution in [3.63, 3.8) is 0 Å². The highest BCUT2D eigenvalue weighted by Gasteiger charge is 2.36. The smallest absolute Gasteiger partial charge is 0.247 e. The van der Waals surface area contributed by atoms with Crippen LogP contribution in [0.3, 0.4) is 0 Å². The standard InChI is InChI=1S/C29H29N3O5/c33-17-24(30-28(34)27-22-7-3-1-5-20(22)21-6-2-4-8-23(21)27)29(35)32-13-11-31(12-14-32)16-19-9-10-25-26(15-19)37-18-36-25/h1-10,15,24,27,33H,11-14,16-18H2,(H,30,34)/t24-/m0/s1. The Morgan fingerprint density at radius 1 is 0.892 bits per heavy atom. The van der Waals surface area contributed by atoms with Crippen LogP contribution in [0.1, 0.15) is 22.6 Å². The molecule has 3 aliphatic rings. The van der Waals surface area contributed by atoms with E-state index in [1.54, 1.807) is 4.90 Å². The van der Waals surface area contributed by atoms with Crippen molar-refractivity contribution in [1.29, 1.82) is 0 Å². The van der Waals surface area contributed by atoms with E-state index in [0.29, 0.717) is 26.2 Å². The van der Waals surface area contributed by atoms with Crippen LogP contribution in [-0.2, 0) is 16.1 Å². The van der Waals surface area contributed by atoms with Gasteiger partial charge in [-0.25, -0.2) is 0 Å². The fourth-order valence-electron chi connectivity index (χ4n) is 5.52. The number of rotatable bonds is 6. The molecule has 1 atom stereocenters. The Morgan fingerprint density at radius 3 is 2.22 bits per heavy atom. The second kappa shape index (κ2) is 9.88. The fraction of sp³-hybridized carbons (Fsp3) is 0.310. The SMILES string of the molecule is O=C(N[C@@H](CO)C(=O)N1CCN(Cc2ccc3c(c2)OCO3)CC1)C1c2ccccc2-c2ccccc21. The summed E-state index contributed by atoms with van der Waals surface area (Å²) < 4.78 is 10.9. The Labute approximate surface area is 215 Å². The molecule has 0 radical (unpaired) electrons. The summed E-state index contributed by atoms with van der Waals surface area (Å²) >= 11 is 0. The van der Waals surface area contributed by atoms with Crippen LogP contribution in [0.25, 0.3) is 11.1 Å². The minimum atomic E-state index is -0.979. The molecule has 0 spiro atoms. The van der Waals surface area contributed by atoms with Gasteiger partial charge in [-0.2, -0.15) is 0 Å². The summed E-state index contributed by atoms with van der Waals surface area (Å²) in [4.78, 5) is 30.7. The number of benzene rings is 3. The van der Waals surface area contributed by atoms with E-state index in [1.807, 2.05) is 66.7 Å². The summed E-state index contributed by atoms with van der Waals surface area (Å²) in [6.07, 6.45) is 0. The van der Waals surface area contributed by atoms with Crippen molar-refractivity contribution in [2.24, 2.45) is 0 Å². The zero-order valence-electron chi connectivity index (χ0n) is 20.4. The van der Waals surface area contributed by atoms with Gasteiger partial charge in [0.15, 0.2) is 11.5 Å². The zero-order chi connectivity index (χ0) is 25.4. The van der Waals surface area contributed by atoms with Crippen molar-refractivity contribution in [2.45, 2.75) is 18.5 Å². The summed E-state index contributed by atoms with van der Waals surface area (Å²) in [6.45, 7) is 3.03. The first-order chi connectivity index (χ1) is 18.1. The number of aliphatic hydroxyl groups is 1. The van der Waals surface area contributed by atoms with Crippen molar-refractivity contribution >= 4 is 11.8 Å². The minimum absolute atomic E-state index is 0.252. The van der Waals surface area contributed by atoms with Gasteiger partial charge in [0.25, 0.3) is 0 Å². The summed E-state index contributed by atoms with van der Waals surface area (Å²) in [5.41, 5.74) is 5.03. The lowest BCUT2D eigenvalue weighted by molar-refractivity contribution is -0.139. The van der Waals surface area contributed by atoms with E-state index in [1.165, 1.54) is 0 Å². The second-order valence-corrected chi connectivity index (χ2v) is 9.64. The van der Waals surface area contributed by atoms with Crippen LogP contribution in [-0.4, -0.2) is 72.3 Å². The van der Waals surface area contributed by atoms with Crippen LogP contribution in [0.4, 0.5) is 0 Å². The summed E-state index contributed by atoms with van der Waals surface area (Å²) in [5.74, 6) is 0.498. The maximum atomic E-state index is 13.4. The quantitative estimate of drug-likeness (QED) is 0.541. The molecule has 8 nitrogen and oxygen atoms in total. The Balaban J connectivity index is 1.08. The van der Waals surface area contributed by atoms with Gasteiger partial charge in [-0.3, -0.25) is 14.5 Å². The van der Waals surface area contributed by atoms with E-state index in [4.69, 9.17) is 9.47 Å². The molecule has 3 aromatic rings. The lowest BCUT2D eigenvalue weighted by atomic mass is 9.95. The predicted molar refractivity (Wildman–Crippen MR) is 137 cm³/mol. The molecule has 8 heteroatoms. The molecule has 0 saturated carbocycles. The number of hydrogen-bond donors (Lipinski definition) is 2. The Bertz CT molecular complexity index is 1290. The molecule has 2 amide bonds. The Kier molecular flexibility index (Phi) is 6.28. The van der Waals surface area contributed by atoms with Gasteiger partial charge in [-0.1, -0.05) is 54.6 Å². The molecule has 0 aromatic heterocycles. The van der Waals surface area contributed by atoms with E-state index < -0.39 is 18.6 Å². The largest absolute Gasteiger partial charge is 0.454 e. The average Bonchev–Trinajstić information content (AvgIpc) is 3.54. The van der Waals surface area contributed by atoms with E-state index in [9.17, 15) is 14.7 Å². The minimum Gasteiger partial charge on any atom is -0.454 e. The van der Waals surface area contributed by atoms with Gasteiger partial charge in [0.2, 0.25) is 18.6 Å². The van der Waals surface area contributed by atoms with Crippen molar-refractivity contribution < 1.29 is 24.2 Å². The average molecular weight is 500 g/mol. The number of nitrogens with zero attached hydrogens (tertiary/aromatic N) is 2. The van der Waals surface area contributed by atoms with Crippen LogP contribution in [0.2, 0.25) is 0 Å². The van der Waals surface area contributed by atoms with E-state index in [0.717, 1.165) is 45.9 Å². The van der Waals surface area contributed by atoms with Crippen LogP contribution in [0, 0.1) is 0 Å². The highest BCUT2D eigenvalue weighted by atomic mass is 16.7. The molecule has 2 N–H and O–H groups in total. The molecule has 37 heavy (non-hydrogen) atoms. The van der Waals surface area contributed by atoms with E-state index in [-0.39, 0.29) is 18.6 Å². The topological polar surface area (TPSA) is 91.3 Å². The summed E-state index contributed by atoms with van der Waals surface area (Å²) in [5, 5.41) is 12.9. The number of carbonyl (C=O) groups excluding carboxylic acids is 2. The van der Waals surface area contributed by atoms with Gasteiger partial charge in [-0.05, 0) is 39.9 Å². The Morgan fingerprint density at radius 2 is 1.54 bits per heavy atom. The maximum Gasteiger partial charge on any atom is 0.247 e. The van der Waals surface area contributed by atoms with Gasteiger partial charge in [0, 0.05) is 32.7 Å². The van der Waals surface area contributed by atoms with Gasteiger partial charge < -0.3 is 24.8 Å². The monoisotopic (exact) mass is 499 g/mol. The van der Waals surface area contributed by atoms with Crippen molar-refractivity contribution in [3.8, 4) is 22.6 Å². The molecule has 190 valence electrons. The molecule has 0 unspecified atom stereocenters. The van der Waals surface area contributed by atoms with Crippen molar-refractivity contribution in [3.05, 3.63) is 83.4 Å². The summed E-state index contributed by atoms with van der Waals surface area (Å²) in [6, 6.07) is 20.7. The number of fused-ring (bicyclic) bond motifs is 4. The molecular formula is C29H29N3O5. The zero-order valence-corrected chi connectivity index (χ0v) is 20.4. The van der Waals surface area contributed by atoms with Gasteiger partial charge >= 0.3 is 0 Å². The third-order valence-corrected chi connectivity index (χ3v) is 7.42. The molecule has 0 bridgehead atoms. The number of aliphatic hydroxyl groups excluding tert-OH is 1. The van der Waals surface area contributed by atoms with E-state index in [2.05, 4.69) is 10.2 Å². The lowest BCUT2D eigenvalue weighted by Crippen LogP contribution is -2.56. The number of amides is 2. The fourth-order valence-corrected chi connectivity index (χ4v) is 5.52. The molecule has 3 aromatic carbocycles. The first kappa shape index (κ1) is 23.5. The number of hydrogen-bond acceptors (Lipinski definition) is 6. The molecule has 1 aliphatic carbocycles. The summed E-state index contributed by atoms with van der Waals surface area (Å²) in [7, 11) is 0. The molecule has 1 saturated heterocycles. The van der Waals surface area contributed by atoms with E-state index >= 15 is 0 Å². The number of ether oxygens (including phenoxy) is 2. The lowest BCUT2D eigenvalue weighted by Gasteiger charge is -2.36. The molecule has 2 aliphatic heterocycles. The normalized spacial score (nSPS) is 17.3. The van der Waals surface area contributed by atoms with Gasteiger partial charge in [0.1, 0.15) is 6.04 Å². The third-order valence-electron chi connectivity index (χ3n) is 7.42. The predicted octanol–water partition coefficient (Wildman–Crippen LogP) is 2.35. The highest BCUT2D eigenvalue weighted by Crippen LogP contribution is 2.44. The van der Waals surface area contributed by atoms with Crippen LogP contribution < -0.4 is 14.8 Å². The van der Waals surface area contributed by atoms with Crippen LogP contribution >= 0.6 is 0 Å². The molecule has 1 fully saturated rings. The number of carbonyl (C=O) groups is 2. The number of nitrogens with one attached hydrogen (secondary N) is 1. The number of piperazine rings is 1. The maximum absolute atomic E-state index is 13.4. The van der Waals surface area contributed by atoms with Gasteiger partial charge in [0.05, 0.1) is 12.5 Å². The van der Waals surface area contributed by atoms with Crippen molar-refractivity contribution in [1.82, 2.24) is 15.1 Å². The highest BCUT2D eigenvalue weighted by molar-refractivity contribution is 5.98. The van der Waals surface area contributed by atoms with Crippen LogP contribution in [0.5, 0.6) is 11.5 Å². The van der Waals surface area contributed by atoms with Crippen molar-refractivity contribution in [2.75, 3.05) is 39.6 Å². The molecule has 6 rings (SSSR count). The first-order valence-corrected chi connectivity index (χ1v) is 12.6. The van der Waals surface area contributed by atoms with Crippen LogP contribution in [0.15, 0.2) is 66.7 Å². The molecular weight excluding hydrogens is 470 g/mol. The van der Waals surface area contributed by atoms with Gasteiger partial charge in [-0.15, -0.1) is 0 Å². The molecule has 2 heterocycles. The Hall–Kier alpha value is -3.88. The first-order valence-electron chi connectivity index (χ1n) is 12.6. The third kappa shape index (κ3) is 4.43. The second-order valence-electron chi connectivity index (χ2n) is 9.64.